The van der Waals surface area contributed by atoms with E-state index in [2.05, 4.69) is 10.6 Å². The lowest BCUT2D eigenvalue weighted by Crippen LogP contribution is -2.44. The number of carbonyl (C=O) groups excluding carboxylic acids is 1. The van der Waals surface area contributed by atoms with Crippen LogP contribution in [0, 0.1) is 5.41 Å². The minimum Gasteiger partial charge on any atom is -0.492 e. The predicted molar refractivity (Wildman–Crippen MR) is 86.8 cm³/mol. The highest BCUT2D eigenvalue weighted by Gasteiger charge is 2.44. The Morgan fingerprint density at radius 2 is 1.79 bits per heavy atom. The Hall–Kier alpha value is -1.67. The van der Waals surface area contributed by atoms with Gasteiger partial charge in [0.1, 0.15) is 5.75 Å². The number of para-hydroxylation sites is 1. The number of amides is 1. The molecule has 7 heteroatoms. The van der Waals surface area contributed by atoms with E-state index >= 15 is 0 Å². The van der Waals surface area contributed by atoms with Crippen molar-refractivity contribution in [2.45, 2.75) is 31.2 Å². The average molecular weight is 336 g/mol. The predicted octanol–water partition coefficient (Wildman–Crippen LogP) is -0.739. The molecule has 0 aromatic heterocycles. The lowest BCUT2D eigenvalue weighted by Gasteiger charge is -2.30. The van der Waals surface area contributed by atoms with Gasteiger partial charge in [-0.1, -0.05) is 12.1 Å². The van der Waals surface area contributed by atoms with Crippen LogP contribution in [0.4, 0.5) is 0 Å². The maximum Gasteiger partial charge on any atom is 0.255 e. The van der Waals surface area contributed by atoms with E-state index in [9.17, 15) is 20.1 Å². The minimum absolute atomic E-state index is 0.137. The Morgan fingerprint density at radius 3 is 2.54 bits per heavy atom. The molecule has 1 spiro atoms. The van der Waals surface area contributed by atoms with Gasteiger partial charge in [0.05, 0.1) is 30.5 Å². The van der Waals surface area contributed by atoms with Crippen molar-refractivity contribution in [3.05, 3.63) is 29.8 Å². The van der Waals surface area contributed by atoms with Crippen LogP contribution in [0.2, 0.25) is 0 Å². The van der Waals surface area contributed by atoms with Crippen LogP contribution in [-0.4, -0.2) is 65.8 Å². The first-order chi connectivity index (χ1) is 11.5. The second-order valence-corrected chi connectivity index (χ2v) is 6.82. The van der Waals surface area contributed by atoms with Crippen molar-refractivity contribution < 1.29 is 24.9 Å². The highest BCUT2D eigenvalue weighted by Crippen LogP contribution is 2.39. The molecular weight excluding hydrogens is 312 g/mol. The van der Waals surface area contributed by atoms with E-state index in [-0.39, 0.29) is 19.1 Å². The smallest absolute Gasteiger partial charge is 0.255 e. The molecular formula is C17H24N2O5. The zero-order valence-electron chi connectivity index (χ0n) is 13.4. The second kappa shape index (κ2) is 7.06. The third-order valence-corrected chi connectivity index (χ3v) is 4.77. The normalized spacial score (nSPS) is 34.6. The summed E-state index contributed by atoms with van der Waals surface area (Å²) in [6.45, 7) is 1.23. The number of aliphatic hydroxyl groups is 3. The van der Waals surface area contributed by atoms with Crippen LogP contribution in [0.1, 0.15) is 23.2 Å². The van der Waals surface area contributed by atoms with E-state index < -0.39 is 23.7 Å². The molecule has 0 bridgehead atoms. The molecule has 1 saturated carbocycles. The van der Waals surface area contributed by atoms with E-state index in [1.54, 1.807) is 24.3 Å². The number of benzene rings is 1. The molecule has 1 aliphatic carbocycles. The standard InChI is InChI=1S/C17H24N2O5/c20-11-7-18-9-17(5-13(21)14(22)6-17)10-24-15-4-2-1-3-12(15)16(23)19-8-11/h1-4,11,13-14,18,20-22H,5-10H2,(H,19,23)/t11-,13-,14+,17?/m1/s1. The van der Waals surface area contributed by atoms with Crippen LogP contribution in [0.15, 0.2) is 24.3 Å². The summed E-state index contributed by atoms with van der Waals surface area (Å²) >= 11 is 0. The van der Waals surface area contributed by atoms with Crippen molar-refractivity contribution in [3.8, 4) is 5.75 Å². The van der Waals surface area contributed by atoms with Crippen LogP contribution < -0.4 is 15.4 Å². The van der Waals surface area contributed by atoms with Gasteiger partial charge >= 0.3 is 0 Å². The molecule has 3 rings (SSSR count). The first kappa shape index (κ1) is 17.2. The summed E-state index contributed by atoms with van der Waals surface area (Å²) in [5, 5.41) is 35.7. The monoisotopic (exact) mass is 336 g/mol. The number of ether oxygens (including phenoxy) is 1. The lowest BCUT2D eigenvalue weighted by atomic mass is 9.86. The molecule has 1 amide bonds. The largest absolute Gasteiger partial charge is 0.492 e. The molecule has 1 fully saturated rings. The Labute approximate surface area is 140 Å². The number of hydrogen-bond donors (Lipinski definition) is 5. The van der Waals surface area contributed by atoms with Gasteiger partial charge in [0, 0.05) is 25.0 Å². The molecule has 2 aliphatic rings. The number of fused-ring (bicyclic) bond motifs is 1. The molecule has 5 N–H and O–H groups in total. The van der Waals surface area contributed by atoms with Crippen LogP contribution in [-0.2, 0) is 0 Å². The SMILES string of the molecule is O=C1NC[C@H](O)CNCC2(COc3ccccc31)C[C@@H](O)[C@@H](O)C2. The van der Waals surface area contributed by atoms with Crippen molar-refractivity contribution in [2.75, 3.05) is 26.2 Å². The highest BCUT2D eigenvalue weighted by molar-refractivity contribution is 5.96. The summed E-state index contributed by atoms with van der Waals surface area (Å²) in [6, 6.07) is 6.94. The molecule has 1 aromatic carbocycles. The van der Waals surface area contributed by atoms with Gasteiger partial charge in [-0.3, -0.25) is 4.79 Å². The van der Waals surface area contributed by atoms with Crippen LogP contribution in [0.3, 0.4) is 0 Å². The summed E-state index contributed by atoms with van der Waals surface area (Å²) in [7, 11) is 0. The molecule has 24 heavy (non-hydrogen) atoms. The quantitative estimate of drug-likeness (QED) is 0.427. The molecule has 132 valence electrons. The fourth-order valence-corrected chi connectivity index (χ4v) is 3.45. The first-order valence-corrected chi connectivity index (χ1v) is 8.24. The first-order valence-electron chi connectivity index (χ1n) is 8.24. The molecule has 1 unspecified atom stereocenters. The highest BCUT2D eigenvalue weighted by atomic mass is 16.5. The van der Waals surface area contributed by atoms with Crippen molar-refractivity contribution in [3.63, 3.8) is 0 Å². The molecule has 1 aromatic rings. The van der Waals surface area contributed by atoms with Gasteiger partial charge in [-0.25, -0.2) is 0 Å². The number of β-amino-alcohol motifs (C(OH)–C–C–N with tert-alkyl or cyclic N) is 1. The summed E-state index contributed by atoms with van der Waals surface area (Å²) in [6.07, 6.45) is -1.47. The summed E-state index contributed by atoms with van der Waals surface area (Å²) in [5.74, 6) is 0.158. The number of rotatable bonds is 0. The average Bonchev–Trinajstić information content (AvgIpc) is 2.85. The number of carbonyl (C=O) groups is 1. The molecule has 4 atom stereocenters. The summed E-state index contributed by atoms with van der Waals surface area (Å²) in [4.78, 5) is 12.3. The van der Waals surface area contributed by atoms with Crippen molar-refractivity contribution in [2.24, 2.45) is 5.41 Å². The number of aliphatic hydroxyl groups excluding tert-OH is 3. The Morgan fingerprint density at radius 1 is 1.08 bits per heavy atom. The third-order valence-electron chi connectivity index (χ3n) is 4.77. The molecule has 1 aliphatic heterocycles. The van der Waals surface area contributed by atoms with Gasteiger partial charge in [0.2, 0.25) is 0 Å². The maximum atomic E-state index is 12.3. The summed E-state index contributed by atoms with van der Waals surface area (Å²) < 4.78 is 5.91. The van der Waals surface area contributed by atoms with Crippen LogP contribution >= 0.6 is 0 Å². The zero-order chi connectivity index (χ0) is 17.2. The Balaban J connectivity index is 1.85. The third kappa shape index (κ3) is 3.70. The number of nitrogens with one attached hydrogen (secondary N) is 2. The van der Waals surface area contributed by atoms with Crippen molar-refractivity contribution in [1.82, 2.24) is 10.6 Å². The maximum absolute atomic E-state index is 12.3. The van der Waals surface area contributed by atoms with Crippen LogP contribution in [0.5, 0.6) is 5.75 Å². The zero-order valence-corrected chi connectivity index (χ0v) is 13.4. The van der Waals surface area contributed by atoms with Gasteiger partial charge in [-0.05, 0) is 25.0 Å². The van der Waals surface area contributed by atoms with E-state index in [1.165, 1.54) is 0 Å². The Bertz CT molecular complexity index is 584. The van der Waals surface area contributed by atoms with Crippen LogP contribution in [0.25, 0.3) is 0 Å². The van der Waals surface area contributed by atoms with Gasteiger partial charge in [0.25, 0.3) is 5.91 Å². The Kier molecular flexibility index (Phi) is 5.05. The van der Waals surface area contributed by atoms with E-state index in [4.69, 9.17) is 4.74 Å². The van der Waals surface area contributed by atoms with Gasteiger partial charge < -0.3 is 30.7 Å². The molecule has 0 saturated heterocycles. The van der Waals surface area contributed by atoms with E-state index in [0.717, 1.165) is 0 Å². The number of hydrogen-bond acceptors (Lipinski definition) is 6. The van der Waals surface area contributed by atoms with Gasteiger partial charge in [0.15, 0.2) is 0 Å². The van der Waals surface area contributed by atoms with Crippen molar-refractivity contribution >= 4 is 5.91 Å². The fourth-order valence-electron chi connectivity index (χ4n) is 3.45. The molecule has 1 heterocycles. The molecule has 7 nitrogen and oxygen atoms in total. The van der Waals surface area contributed by atoms with E-state index in [0.29, 0.717) is 37.2 Å². The van der Waals surface area contributed by atoms with Gasteiger partial charge in [-0.2, -0.15) is 0 Å². The van der Waals surface area contributed by atoms with Crippen molar-refractivity contribution in [1.29, 1.82) is 0 Å². The molecule has 0 radical (unpaired) electrons. The van der Waals surface area contributed by atoms with Gasteiger partial charge in [-0.15, -0.1) is 0 Å². The summed E-state index contributed by atoms with van der Waals surface area (Å²) in [5.41, 5.74) is -0.0334. The lowest BCUT2D eigenvalue weighted by molar-refractivity contribution is 0.0438. The second-order valence-electron chi connectivity index (χ2n) is 6.82. The topological polar surface area (TPSA) is 111 Å². The fraction of sp³-hybridized carbons (Fsp3) is 0.588. The minimum atomic E-state index is -0.785. The van der Waals surface area contributed by atoms with E-state index in [1.807, 2.05) is 0 Å².